The Morgan fingerprint density at radius 2 is 1.78 bits per heavy atom. The van der Waals surface area contributed by atoms with Crippen LogP contribution < -0.4 is 15.4 Å². The summed E-state index contributed by atoms with van der Waals surface area (Å²) in [5, 5.41) is 8.08. The van der Waals surface area contributed by atoms with Crippen molar-refractivity contribution in [3.05, 3.63) is 89.6 Å². The Morgan fingerprint density at radius 3 is 2.41 bits per heavy atom. The molecule has 0 aliphatic heterocycles. The van der Waals surface area contributed by atoms with E-state index in [0.29, 0.717) is 12.4 Å². The number of benzene rings is 2. The quantitative estimate of drug-likeness (QED) is 0.512. The van der Waals surface area contributed by atoms with Crippen molar-refractivity contribution in [1.82, 2.24) is 4.98 Å². The molecule has 1 unspecified atom stereocenters. The molecule has 0 aliphatic carbocycles. The standard InChI is InChI=1S/C22H24N4O/c1-16(18-10-12-19(27-2)13-11-18)20-9-6-14-25-21(20)26(22(23)24)15-17-7-4-3-5-8-17/h3-14,16H,15H2,1-2H3,(H3,23,24). The summed E-state index contributed by atoms with van der Waals surface area (Å²) in [5.74, 6) is 1.60. The zero-order chi connectivity index (χ0) is 19.2. The largest absolute Gasteiger partial charge is 0.497 e. The molecular weight excluding hydrogens is 336 g/mol. The highest BCUT2D eigenvalue weighted by molar-refractivity contribution is 5.92. The Balaban J connectivity index is 1.96. The van der Waals surface area contributed by atoms with E-state index in [1.807, 2.05) is 54.6 Å². The lowest BCUT2D eigenvalue weighted by atomic mass is 9.93. The molecule has 0 saturated carbocycles. The molecule has 0 amide bonds. The number of rotatable bonds is 6. The number of nitrogens with two attached hydrogens (primary N) is 1. The van der Waals surface area contributed by atoms with Gasteiger partial charge in [-0.1, -0.05) is 55.5 Å². The van der Waals surface area contributed by atoms with Gasteiger partial charge >= 0.3 is 0 Å². The minimum Gasteiger partial charge on any atom is -0.497 e. The van der Waals surface area contributed by atoms with Crippen molar-refractivity contribution in [3.8, 4) is 5.75 Å². The van der Waals surface area contributed by atoms with Gasteiger partial charge in [0, 0.05) is 17.7 Å². The number of methoxy groups -OCH3 is 1. The molecule has 1 aromatic heterocycles. The van der Waals surface area contributed by atoms with Gasteiger partial charge in [0.05, 0.1) is 13.7 Å². The summed E-state index contributed by atoms with van der Waals surface area (Å²) in [6.45, 7) is 2.62. The Labute approximate surface area is 159 Å². The maximum atomic E-state index is 8.08. The first kappa shape index (κ1) is 18.5. The number of nitrogens with zero attached hydrogens (tertiary/aromatic N) is 2. The molecule has 0 spiro atoms. The summed E-state index contributed by atoms with van der Waals surface area (Å²) in [5.41, 5.74) is 9.15. The van der Waals surface area contributed by atoms with Crippen LogP contribution in [-0.4, -0.2) is 18.1 Å². The molecule has 2 aromatic carbocycles. The Morgan fingerprint density at radius 1 is 1.07 bits per heavy atom. The van der Waals surface area contributed by atoms with E-state index in [1.54, 1.807) is 18.2 Å². The molecule has 1 atom stereocenters. The topological polar surface area (TPSA) is 75.2 Å². The lowest BCUT2D eigenvalue weighted by Gasteiger charge is -2.26. The molecule has 0 saturated heterocycles. The van der Waals surface area contributed by atoms with E-state index in [-0.39, 0.29) is 11.9 Å². The van der Waals surface area contributed by atoms with Crippen molar-refractivity contribution in [3.63, 3.8) is 0 Å². The van der Waals surface area contributed by atoms with Gasteiger partial charge in [-0.05, 0) is 29.3 Å². The third-order valence-electron chi connectivity index (χ3n) is 4.63. The number of aromatic nitrogens is 1. The van der Waals surface area contributed by atoms with Crippen LogP contribution in [0.4, 0.5) is 5.82 Å². The SMILES string of the molecule is COc1ccc(C(C)c2cccnc2N(Cc2ccccc2)C(=N)N)cc1. The lowest BCUT2D eigenvalue weighted by molar-refractivity contribution is 0.414. The Hall–Kier alpha value is -3.34. The summed E-state index contributed by atoms with van der Waals surface area (Å²) in [6, 6.07) is 21.9. The van der Waals surface area contributed by atoms with Crippen LogP contribution in [-0.2, 0) is 6.54 Å². The highest BCUT2D eigenvalue weighted by Crippen LogP contribution is 2.32. The monoisotopic (exact) mass is 360 g/mol. The van der Waals surface area contributed by atoms with Gasteiger partial charge in [-0.2, -0.15) is 0 Å². The van der Waals surface area contributed by atoms with Crippen molar-refractivity contribution in [2.24, 2.45) is 5.73 Å². The molecule has 3 aromatic rings. The minimum atomic E-state index is -0.0271. The normalized spacial score (nSPS) is 11.6. The fourth-order valence-electron chi connectivity index (χ4n) is 3.09. The zero-order valence-electron chi connectivity index (χ0n) is 15.6. The van der Waals surface area contributed by atoms with Gasteiger partial charge in [0.25, 0.3) is 0 Å². The third kappa shape index (κ3) is 4.26. The fourth-order valence-corrected chi connectivity index (χ4v) is 3.09. The second kappa shape index (κ2) is 8.36. The summed E-state index contributed by atoms with van der Waals surface area (Å²) >= 11 is 0. The van der Waals surface area contributed by atoms with Crippen molar-refractivity contribution in [1.29, 1.82) is 5.41 Å². The highest BCUT2D eigenvalue weighted by Gasteiger charge is 2.20. The number of guanidine groups is 1. The van der Waals surface area contributed by atoms with Crippen molar-refractivity contribution in [2.75, 3.05) is 12.0 Å². The smallest absolute Gasteiger partial charge is 0.194 e. The van der Waals surface area contributed by atoms with E-state index in [4.69, 9.17) is 15.9 Å². The summed E-state index contributed by atoms with van der Waals surface area (Å²) in [7, 11) is 1.66. The van der Waals surface area contributed by atoms with Crippen LogP contribution in [0.25, 0.3) is 0 Å². The molecule has 3 rings (SSSR count). The van der Waals surface area contributed by atoms with Gasteiger partial charge < -0.3 is 10.5 Å². The van der Waals surface area contributed by atoms with Crippen molar-refractivity contribution >= 4 is 11.8 Å². The predicted molar refractivity (Wildman–Crippen MR) is 109 cm³/mol. The van der Waals surface area contributed by atoms with Gasteiger partial charge in [-0.25, -0.2) is 4.98 Å². The van der Waals surface area contributed by atoms with Crippen LogP contribution in [0.3, 0.4) is 0 Å². The lowest BCUT2D eigenvalue weighted by Crippen LogP contribution is -2.37. The predicted octanol–water partition coefficient (Wildman–Crippen LogP) is 4.14. The Kier molecular flexibility index (Phi) is 5.71. The van der Waals surface area contributed by atoms with E-state index >= 15 is 0 Å². The molecule has 0 fully saturated rings. The second-order valence-corrected chi connectivity index (χ2v) is 6.37. The minimum absolute atomic E-state index is 0.0271. The van der Waals surface area contributed by atoms with Crippen molar-refractivity contribution in [2.45, 2.75) is 19.4 Å². The maximum absolute atomic E-state index is 8.08. The van der Waals surface area contributed by atoms with E-state index in [0.717, 1.165) is 22.4 Å². The number of anilines is 1. The zero-order valence-corrected chi connectivity index (χ0v) is 15.6. The summed E-state index contributed by atoms with van der Waals surface area (Å²) < 4.78 is 5.25. The number of pyridine rings is 1. The second-order valence-electron chi connectivity index (χ2n) is 6.37. The van der Waals surface area contributed by atoms with Gasteiger partial charge in [0.2, 0.25) is 0 Å². The molecule has 1 heterocycles. The van der Waals surface area contributed by atoms with Gasteiger partial charge in [-0.15, -0.1) is 0 Å². The van der Waals surface area contributed by atoms with Crippen LogP contribution in [0.15, 0.2) is 72.9 Å². The number of ether oxygens (including phenoxy) is 1. The first-order valence-corrected chi connectivity index (χ1v) is 8.84. The first-order valence-electron chi connectivity index (χ1n) is 8.84. The molecule has 0 radical (unpaired) electrons. The van der Waals surface area contributed by atoms with Crippen LogP contribution in [0, 0.1) is 5.41 Å². The maximum Gasteiger partial charge on any atom is 0.194 e. The van der Waals surface area contributed by atoms with Crippen molar-refractivity contribution < 1.29 is 4.74 Å². The molecule has 5 heteroatoms. The first-order chi connectivity index (χ1) is 13.1. The molecule has 3 N–H and O–H groups in total. The van der Waals surface area contributed by atoms with E-state index < -0.39 is 0 Å². The summed E-state index contributed by atoms with van der Waals surface area (Å²) in [4.78, 5) is 6.30. The van der Waals surface area contributed by atoms with Gasteiger partial charge in [0.15, 0.2) is 5.96 Å². The molecular formula is C22H24N4O. The van der Waals surface area contributed by atoms with E-state index in [2.05, 4.69) is 24.0 Å². The molecule has 0 bridgehead atoms. The van der Waals surface area contributed by atoms with E-state index in [9.17, 15) is 0 Å². The number of hydrogen-bond acceptors (Lipinski definition) is 3. The third-order valence-corrected chi connectivity index (χ3v) is 4.63. The fraction of sp³-hybridized carbons (Fsp3) is 0.182. The van der Waals surface area contributed by atoms with E-state index in [1.165, 1.54) is 0 Å². The number of nitrogens with one attached hydrogen (secondary N) is 1. The summed E-state index contributed by atoms with van der Waals surface area (Å²) in [6.07, 6.45) is 1.74. The van der Waals surface area contributed by atoms with Crippen LogP contribution >= 0.6 is 0 Å². The molecule has 5 nitrogen and oxygen atoms in total. The molecule has 0 aliphatic rings. The molecule has 27 heavy (non-hydrogen) atoms. The Bertz CT molecular complexity index is 894. The molecule has 138 valence electrons. The average Bonchev–Trinajstić information content (AvgIpc) is 2.72. The van der Waals surface area contributed by atoms with Gasteiger partial charge in [0.1, 0.15) is 11.6 Å². The van der Waals surface area contributed by atoms with Crippen LogP contribution in [0.5, 0.6) is 5.75 Å². The van der Waals surface area contributed by atoms with Crippen LogP contribution in [0.1, 0.15) is 29.5 Å². The highest BCUT2D eigenvalue weighted by atomic mass is 16.5. The van der Waals surface area contributed by atoms with Gasteiger partial charge in [-0.3, -0.25) is 10.3 Å². The number of hydrogen-bond donors (Lipinski definition) is 2. The average molecular weight is 360 g/mol. The van der Waals surface area contributed by atoms with Crippen LogP contribution in [0.2, 0.25) is 0 Å².